The Morgan fingerprint density at radius 1 is 1.59 bits per heavy atom. The minimum Gasteiger partial charge on any atom is -0.336 e. The van der Waals surface area contributed by atoms with Crippen LogP contribution in [0.3, 0.4) is 0 Å². The van der Waals surface area contributed by atoms with E-state index in [4.69, 9.17) is 5.73 Å². The number of hydrogen-bond donors (Lipinski definition) is 1. The number of nitrogens with two attached hydrogens (primary N) is 1. The Morgan fingerprint density at radius 2 is 2.29 bits per heavy atom. The lowest BCUT2D eigenvalue weighted by molar-refractivity contribution is 0.0713. The Bertz CT molecular complexity index is 372. The average Bonchev–Trinajstić information content (AvgIpc) is 2.63. The molecule has 0 aromatic carbocycles. The zero-order valence-corrected chi connectivity index (χ0v) is 12.0. The minimum atomic E-state index is 0. The van der Waals surface area contributed by atoms with E-state index in [-0.39, 0.29) is 36.8 Å². The first-order valence-electron chi connectivity index (χ1n) is 5.13. The van der Waals surface area contributed by atoms with E-state index in [0.717, 1.165) is 30.0 Å². The van der Waals surface area contributed by atoms with Gasteiger partial charge in [0.2, 0.25) is 0 Å². The van der Waals surface area contributed by atoms with Gasteiger partial charge in [0.1, 0.15) is 4.88 Å². The highest BCUT2D eigenvalue weighted by molar-refractivity contribution is 7.11. The Hall–Kier alpha value is -0.360. The number of piperidine rings is 1. The summed E-state index contributed by atoms with van der Waals surface area (Å²) in [6, 6.07) is 0.135. The van der Waals surface area contributed by atoms with Crippen LogP contribution in [-0.4, -0.2) is 34.9 Å². The van der Waals surface area contributed by atoms with E-state index < -0.39 is 0 Å². The lowest BCUT2D eigenvalue weighted by atomic mass is 10.1. The maximum absolute atomic E-state index is 12.1. The molecule has 1 fully saturated rings. The number of thiazole rings is 1. The quantitative estimate of drug-likeness (QED) is 0.861. The number of carbonyl (C=O) groups excluding carboxylic acids is 1. The van der Waals surface area contributed by atoms with Crippen LogP contribution in [0.2, 0.25) is 0 Å². The number of likely N-dealkylation sites (tertiary alicyclic amines) is 1. The number of halogens is 2. The number of hydrogen-bond acceptors (Lipinski definition) is 4. The molecule has 1 aliphatic rings. The van der Waals surface area contributed by atoms with Crippen molar-refractivity contribution in [3.63, 3.8) is 0 Å². The van der Waals surface area contributed by atoms with Crippen molar-refractivity contribution in [2.45, 2.75) is 25.8 Å². The van der Waals surface area contributed by atoms with Gasteiger partial charge >= 0.3 is 0 Å². The smallest absolute Gasteiger partial charge is 0.265 e. The van der Waals surface area contributed by atoms with Crippen LogP contribution in [0.15, 0.2) is 5.51 Å². The highest BCUT2D eigenvalue weighted by Crippen LogP contribution is 2.18. The van der Waals surface area contributed by atoms with Gasteiger partial charge in [-0.3, -0.25) is 4.79 Å². The molecule has 7 heteroatoms. The third-order valence-corrected chi connectivity index (χ3v) is 3.60. The summed E-state index contributed by atoms with van der Waals surface area (Å²) in [6.07, 6.45) is 2.02. The molecule has 17 heavy (non-hydrogen) atoms. The third kappa shape index (κ3) is 3.81. The van der Waals surface area contributed by atoms with E-state index in [0.29, 0.717) is 6.54 Å². The number of rotatable bonds is 1. The first-order valence-corrected chi connectivity index (χ1v) is 6.01. The van der Waals surface area contributed by atoms with Crippen LogP contribution in [0, 0.1) is 6.92 Å². The molecule has 1 aromatic rings. The Kier molecular flexibility index (Phi) is 7.01. The van der Waals surface area contributed by atoms with Crippen molar-refractivity contribution in [1.82, 2.24) is 9.88 Å². The summed E-state index contributed by atoms with van der Waals surface area (Å²) in [5.74, 6) is 0.0881. The third-order valence-electron chi connectivity index (χ3n) is 2.68. The van der Waals surface area contributed by atoms with Crippen LogP contribution in [0.25, 0.3) is 0 Å². The maximum Gasteiger partial charge on any atom is 0.265 e. The normalized spacial score (nSPS) is 19.2. The van der Waals surface area contributed by atoms with Gasteiger partial charge in [0.15, 0.2) is 0 Å². The van der Waals surface area contributed by atoms with Crippen molar-refractivity contribution < 1.29 is 4.79 Å². The fourth-order valence-corrected chi connectivity index (χ4v) is 2.61. The molecule has 0 aliphatic carbocycles. The van der Waals surface area contributed by atoms with E-state index in [2.05, 4.69) is 4.98 Å². The summed E-state index contributed by atoms with van der Waals surface area (Å²) in [5.41, 5.74) is 8.39. The second kappa shape index (κ2) is 7.16. The largest absolute Gasteiger partial charge is 0.336 e. The average molecular weight is 298 g/mol. The van der Waals surface area contributed by atoms with Crippen LogP contribution in [0.1, 0.15) is 28.2 Å². The first-order chi connectivity index (χ1) is 7.18. The molecule has 0 saturated carbocycles. The SMILES string of the molecule is Cc1ncsc1C(=O)N1CCC[C@@H](N)C1.Cl.Cl. The molecule has 98 valence electrons. The summed E-state index contributed by atoms with van der Waals surface area (Å²) in [4.78, 5) is 18.8. The Labute approximate surface area is 117 Å². The Balaban J connectivity index is 0.00000128. The lowest BCUT2D eigenvalue weighted by Crippen LogP contribution is -2.45. The van der Waals surface area contributed by atoms with Gasteiger partial charge in [-0.1, -0.05) is 0 Å². The summed E-state index contributed by atoms with van der Waals surface area (Å²) in [6.45, 7) is 3.37. The highest BCUT2D eigenvalue weighted by Gasteiger charge is 2.24. The number of carbonyl (C=O) groups is 1. The van der Waals surface area contributed by atoms with Crippen LogP contribution in [0.5, 0.6) is 0 Å². The van der Waals surface area contributed by atoms with Gasteiger partial charge in [-0.25, -0.2) is 4.98 Å². The highest BCUT2D eigenvalue weighted by atomic mass is 35.5. The number of aromatic nitrogens is 1. The van der Waals surface area contributed by atoms with Crippen molar-refractivity contribution in [2.24, 2.45) is 5.73 Å². The van der Waals surface area contributed by atoms with Crippen LogP contribution in [-0.2, 0) is 0 Å². The number of amides is 1. The molecule has 0 radical (unpaired) electrons. The fourth-order valence-electron chi connectivity index (χ4n) is 1.85. The number of nitrogens with zero attached hydrogens (tertiary/aromatic N) is 2. The lowest BCUT2D eigenvalue weighted by Gasteiger charge is -2.30. The van der Waals surface area contributed by atoms with Gasteiger partial charge < -0.3 is 10.6 Å². The van der Waals surface area contributed by atoms with Crippen LogP contribution in [0.4, 0.5) is 0 Å². The zero-order chi connectivity index (χ0) is 10.8. The molecule has 2 heterocycles. The van der Waals surface area contributed by atoms with Crippen molar-refractivity contribution in [1.29, 1.82) is 0 Å². The van der Waals surface area contributed by atoms with Crippen molar-refractivity contribution >= 4 is 42.1 Å². The molecule has 1 aliphatic heterocycles. The van der Waals surface area contributed by atoms with Gasteiger partial charge in [0, 0.05) is 19.1 Å². The molecule has 0 spiro atoms. The molecule has 1 saturated heterocycles. The molecular weight excluding hydrogens is 281 g/mol. The van der Waals surface area contributed by atoms with E-state index in [1.54, 1.807) is 5.51 Å². The molecule has 0 unspecified atom stereocenters. The van der Waals surface area contributed by atoms with Crippen molar-refractivity contribution in [3.05, 3.63) is 16.1 Å². The number of aryl methyl sites for hydroxylation is 1. The van der Waals surface area contributed by atoms with Crippen molar-refractivity contribution in [3.8, 4) is 0 Å². The van der Waals surface area contributed by atoms with Crippen LogP contribution < -0.4 is 5.73 Å². The Morgan fingerprint density at radius 3 is 2.82 bits per heavy atom. The van der Waals surface area contributed by atoms with Gasteiger partial charge in [-0.2, -0.15) is 0 Å². The van der Waals surface area contributed by atoms with E-state index in [1.165, 1.54) is 11.3 Å². The zero-order valence-electron chi connectivity index (χ0n) is 9.59. The molecule has 2 N–H and O–H groups in total. The summed E-state index contributed by atoms with van der Waals surface area (Å²) < 4.78 is 0. The molecule has 2 rings (SSSR count). The molecule has 0 bridgehead atoms. The molecule has 4 nitrogen and oxygen atoms in total. The monoisotopic (exact) mass is 297 g/mol. The molecule has 1 aromatic heterocycles. The summed E-state index contributed by atoms with van der Waals surface area (Å²) in [7, 11) is 0. The topological polar surface area (TPSA) is 59.2 Å². The second-order valence-corrected chi connectivity index (χ2v) is 4.78. The van der Waals surface area contributed by atoms with Gasteiger partial charge in [-0.05, 0) is 19.8 Å². The molecule has 1 atom stereocenters. The second-order valence-electron chi connectivity index (χ2n) is 3.92. The standard InChI is InChI=1S/C10H15N3OS.2ClH/c1-7-9(15-6-12-7)10(14)13-4-2-3-8(11)5-13;;/h6,8H,2-5,11H2,1H3;2*1H/t8-;;/m1../s1. The molecule has 1 amide bonds. The molecular formula is C10H17Cl2N3OS. The summed E-state index contributed by atoms with van der Waals surface area (Å²) >= 11 is 1.41. The first kappa shape index (κ1) is 16.6. The maximum atomic E-state index is 12.1. The van der Waals surface area contributed by atoms with Crippen molar-refractivity contribution in [2.75, 3.05) is 13.1 Å². The van der Waals surface area contributed by atoms with E-state index >= 15 is 0 Å². The fraction of sp³-hybridized carbons (Fsp3) is 0.600. The predicted octanol–water partition coefficient (Wildman–Crippen LogP) is 1.86. The van der Waals surface area contributed by atoms with E-state index in [9.17, 15) is 4.79 Å². The van der Waals surface area contributed by atoms with E-state index in [1.807, 2.05) is 11.8 Å². The van der Waals surface area contributed by atoms with Crippen LogP contribution >= 0.6 is 36.2 Å². The van der Waals surface area contributed by atoms with Gasteiger partial charge in [0.25, 0.3) is 5.91 Å². The predicted molar refractivity (Wildman–Crippen MR) is 74.5 cm³/mol. The van der Waals surface area contributed by atoms with Gasteiger partial charge in [-0.15, -0.1) is 36.2 Å². The van der Waals surface area contributed by atoms with Gasteiger partial charge in [0.05, 0.1) is 11.2 Å². The minimum absolute atomic E-state index is 0. The summed E-state index contributed by atoms with van der Waals surface area (Å²) in [5, 5.41) is 0.